The lowest BCUT2D eigenvalue weighted by molar-refractivity contribution is -0.200. The summed E-state index contributed by atoms with van der Waals surface area (Å²) in [5, 5.41) is 0. The highest BCUT2D eigenvalue weighted by atomic mass is 19.4. The zero-order valence-electron chi connectivity index (χ0n) is 10.5. The molecular formula is C11H16F3NO3. The zero-order chi connectivity index (χ0) is 14.1. The number of rotatable bonds is 4. The molecule has 0 aromatic heterocycles. The number of ether oxygens (including phenoxy) is 1. The lowest BCUT2D eigenvalue weighted by Crippen LogP contribution is -2.46. The van der Waals surface area contributed by atoms with Gasteiger partial charge in [0.1, 0.15) is 5.54 Å². The van der Waals surface area contributed by atoms with Gasteiger partial charge >= 0.3 is 12.3 Å². The van der Waals surface area contributed by atoms with Gasteiger partial charge < -0.3 is 4.74 Å². The van der Waals surface area contributed by atoms with Crippen LogP contribution in [-0.4, -0.2) is 41.6 Å². The third-order valence-corrected chi connectivity index (χ3v) is 3.22. The lowest BCUT2D eigenvalue weighted by atomic mass is 10.1. The van der Waals surface area contributed by atoms with E-state index in [2.05, 4.69) is 4.74 Å². The number of amides is 1. The van der Waals surface area contributed by atoms with E-state index in [-0.39, 0.29) is 12.2 Å². The molecule has 0 heterocycles. The minimum atomic E-state index is -4.60. The molecule has 7 heteroatoms. The summed E-state index contributed by atoms with van der Waals surface area (Å²) in [5.41, 5.74) is -0.947. The molecule has 104 valence electrons. The van der Waals surface area contributed by atoms with Gasteiger partial charge in [-0.25, -0.2) is 4.79 Å². The van der Waals surface area contributed by atoms with Crippen LogP contribution < -0.4 is 0 Å². The van der Waals surface area contributed by atoms with Crippen LogP contribution in [0.3, 0.4) is 0 Å². The Morgan fingerprint density at radius 3 is 2.22 bits per heavy atom. The van der Waals surface area contributed by atoms with Crippen molar-refractivity contribution in [2.45, 2.75) is 50.9 Å². The smallest absolute Gasteiger partial charge is 0.425 e. The molecule has 1 rings (SSSR count). The molecule has 4 nitrogen and oxygen atoms in total. The minimum absolute atomic E-state index is 0.151. The van der Waals surface area contributed by atoms with Gasteiger partial charge in [-0.15, -0.1) is 0 Å². The topological polar surface area (TPSA) is 46.6 Å². The van der Waals surface area contributed by atoms with E-state index in [1.165, 1.54) is 7.05 Å². The van der Waals surface area contributed by atoms with E-state index in [4.69, 9.17) is 0 Å². The van der Waals surface area contributed by atoms with Crippen LogP contribution in [-0.2, 0) is 9.53 Å². The fraction of sp³-hybridized carbons (Fsp3) is 0.818. The number of hydrogen-bond acceptors (Lipinski definition) is 3. The molecule has 1 aliphatic carbocycles. The van der Waals surface area contributed by atoms with Crippen molar-refractivity contribution in [2.24, 2.45) is 0 Å². The number of hydrogen-bond donors (Lipinski definition) is 0. The third-order valence-electron chi connectivity index (χ3n) is 3.22. The molecule has 1 amide bonds. The maximum Gasteiger partial charge on any atom is 0.425 e. The molecule has 0 spiro atoms. The first-order valence-electron chi connectivity index (χ1n) is 5.69. The Morgan fingerprint density at radius 2 is 1.89 bits per heavy atom. The van der Waals surface area contributed by atoms with E-state index in [9.17, 15) is 22.8 Å². The quantitative estimate of drug-likeness (QED) is 0.786. The second-order valence-electron chi connectivity index (χ2n) is 4.43. The van der Waals surface area contributed by atoms with Crippen molar-refractivity contribution >= 4 is 11.9 Å². The molecule has 1 atom stereocenters. The molecule has 0 aromatic carbocycles. The summed E-state index contributed by atoms with van der Waals surface area (Å²) >= 11 is 0. The van der Waals surface area contributed by atoms with E-state index in [0.717, 1.165) is 11.8 Å². The average Bonchev–Trinajstić information content (AvgIpc) is 3.06. The van der Waals surface area contributed by atoms with Crippen LogP contribution in [0.5, 0.6) is 0 Å². The monoisotopic (exact) mass is 267 g/mol. The summed E-state index contributed by atoms with van der Waals surface area (Å²) in [6.45, 7) is 2.41. The summed E-state index contributed by atoms with van der Waals surface area (Å²) < 4.78 is 41.0. The van der Waals surface area contributed by atoms with Gasteiger partial charge in [-0.05, 0) is 19.8 Å². The highest BCUT2D eigenvalue weighted by molar-refractivity contribution is 5.94. The number of Topliss-reactive ketones (excluding diaryl/α,β-unsaturated/α-hetero) is 1. The third kappa shape index (κ3) is 2.76. The molecule has 0 aliphatic heterocycles. The zero-order valence-corrected chi connectivity index (χ0v) is 10.5. The summed E-state index contributed by atoms with van der Waals surface area (Å²) in [5.74, 6) is -0.151. The Balaban J connectivity index is 2.66. The predicted octanol–water partition coefficient (Wildman–Crippen LogP) is 2.52. The molecule has 0 bridgehead atoms. The van der Waals surface area contributed by atoms with E-state index >= 15 is 0 Å². The number of alkyl halides is 3. The first-order valence-corrected chi connectivity index (χ1v) is 5.69. The molecular weight excluding hydrogens is 251 g/mol. The second kappa shape index (κ2) is 4.78. The fourth-order valence-electron chi connectivity index (χ4n) is 1.72. The first-order chi connectivity index (χ1) is 8.15. The molecule has 0 radical (unpaired) electrons. The maximum absolute atomic E-state index is 12.2. The Labute approximate surface area is 103 Å². The van der Waals surface area contributed by atoms with Crippen molar-refractivity contribution < 1.29 is 27.5 Å². The van der Waals surface area contributed by atoms with Gasteiger partial charge in [-0.2, -0.15) is 13.2 Å². The molecule has 1 saturated carbocycles. The van der Waals surface area contributed by atoms with Crippen LogP contribution >= 0.6 is 0 Å². The number of carbonyl (C=O) groups excluding carboxylic acids is 2. The lowest BCUT2D eigenvalue weighted by Gasteiger charge is -2.28. The summed E-state index contributed by atoms with van der Waals surface area (Å²) in [6, 6.07) is 0. The van der Waals surface area contributed by atoms with Crippen molar-refractivity contribution in [3.05, 3.63) is 0 Å². The summed E-state index contributed by atoms with van der Waals surface area (Å²) in [7, 11) is 1.30. The second-order valence-corrected chi connectivity index (χ2v) is 4.43. The number of carbonyl (C=O) groups is 2. The molecule has 0 N–H and O–H groups in total. The Kier molecular flexibility index (Phi) is 3.92. The fourth-order valence-corrected chi connectivity index (χ4v) is 1.72. The molecule has 0 aromatic rings. The van der Waals surface area contributed by atoms with Gasteiger partial charge in [0.25, 0.3) is 0 Å². The molecule has 0 saturated heterocycles. The maximum atomic E-state index is 12.2. The normalized spacial score (nSPS) is 19.0. The number of ketones is 1. The average molecular weight is 267 g/mol. The van der Waals surface area contributed by atoms with Crippen molar-refractivity contribution in [1.82, 2.24) is 4.90 Å². The van der Waals surface area contributed by atoms with Gasteiger partial charge in [-0.1, -0.05) is 6.92 Å². The van der Waals surface area contributed by atoms with Crippen LogP contribution in [0.25, 0.3) is 0 Å². The highest BCUT2D eigenvalue weighted by Gasteiger charge is 2.55. The van der Waals surface area contributed by atoms with Gasteiger partial charge in [0, 0.05) is 13.5 Å². The SMILES string of the molecule is CCC(=O)C1(N(C)C(=O)O[C@H](C)C(F)(F)F)CC1. The highest BCUT2D eigenvalue weighted by Crippen LogP contribution is 2.43. The van der Waals surface area contributed by atoms with Crippen LogP contribution in [0.1, 0.15) is 33.1 Å². The largest absolute Gasteiger partial charge is 0.437 e. The van der Waals surface area contributed by atoms with Gasteiger partial charge in [0.15, 0.2) is 11.9 Å². The van der Waals surface area contributed by atoms with Crippen LogP contribution in [0.15, 0.2) is 0 Å². The van der Waals surface area contributed by atoms with E-state index in [1.807, 2.05) is 0 Å². The van der Waals surface area contributed by atoms with Crippen molar-refractivity contribution in [1.29, 1.82) is 0 Å². The Hall–Kier alpha value is -1.27. The number of halogens is 3. The van der Waals surface area contributed by atoms with Crippen molar-refractivity contribution in [3.8, 4) is 0 Å². The van der Waals surface area contributed by atoms with Gasteiger partial charge in [0.05, 0.1) is 0 Å². The Morgan fingerprint density at radius 1 is 1.39 bits per heavy atom. The van der Waals surface area contributed by atoms with Crippen LogP contribution in [0, 0.1) is 0 Å². The van der Waals surface area contributed by atoms with E-state index in [0.29, 0.717) is 12.8 Å². The first kappa shape index (κ1) is 14.8. The van der Waals surface area contributed by atoms with Gasteiger partial charge in [-0.3, -0.25) is 9.69 Å². The van der Waals surface area contributed by atoms with Crippen molar-refractivity contribution in [3.63, 3.8) is 0 Å². The summed E-state index contributed by atoms with van der Waals surface area (Å²) in [6.07, 6.45) is -6.69. The van der Waals surface area contributed by atoms with Crippen molar-refractivity contribution in [2.75, 3.05) is 7.05 Å². The van der Waals surface area contributed by atoms with Crippen LogP contribution in [0.2, 0.25) is 0 Å². The number of nitrogens with zero attached hydrogens (tertiary/aromatic N) is 1. The van der Waals surface area contributed by atoms with Crippen LogP contribution in [0.4, 0.5) is 18.0 Å². The summed E-state index contributed by atoms with van der Waals surface area (Å²) in [4.78, 5) is 24.2. The van der Waals surface area contributed by atoms with E-state index in [1.54, 1.807) is 6.92 Å². The predicted molar refractivity (Wildman–Crippen MR) is 57.0 cm³/mol. The minimum Gasteiger partial charge on any atom is -0.437 e. The molecule has 1 fully saturated rings. The Bertz CT molecular complexity index is 350. The molecule has 0 unspecified atom stereocenters. The van der Waals surface area contributed by atoms with Gasteiger partial charge in [0.2, 0.25) is 0 Å². The molecule has 1 aliphatic rings. The van der Waals surface area contributed by atoms with E-state index < -0.39 is 23.9 Å². The standard InChI is InChI=1S/C11H16F3NO3/c1-4-8(16)10(5-6-10)15(3)9(17)18-7(2)11(12,13)14/h7H,4-6H2,1-3H3/t7-/m1/s1. The molecule has 18 heavy (non-hydrogen) atoms. The number of likely N-dealkylation sites (N-methyl/N-ethyl adjacent to an activating group) is 1.